The molecule has 2 saturated heterocycles. The van der Waals surface area contributed by atoms with Gasteiger partial charge in [0.25, 0.3) is 0 Å². The van der Waals surface area contributed by atoms with Gasteiger partial charge in [-0.05, 0) is 12.5 Å². The Bertz CT molecular complexity index is 812. The summed E-state index contributed by atoms with van der Waals surface area (Å²) in [5.41, 5.74) is -1.43. The summed E-state index contributed by atoms with van der Waals surface area (Å²) in [6, 6.07) is 1.38. The van der Waals surface area contributed by atoms with E-state index in [1.165, 1.54) is 13.2 Å². The molecule has 3 rings (SSSR count). The van der Waals surface area contributed by atoms with Crippen LogP contribution in [-0.4, -0.2) is 106 Å². The van der Waals surface area contributed by atoms with Crippen molar-refractivity contribution in [2.75, 3.05) is 26.9 Å². The molecule has 0 amide bonds. The molecule has 2 aliphatic heterocycles. The maximum atomic E-state index is 10.3. The normalized spacial score (nSPS) is 37.5. The van der Waals surface area contributed by atoms with E-state index in [1.807, 2.05) is 0 Å². The third-order valence-electron chi connectivity index (χ3n) is 5.49. The van der Waals surface area contributed by atoms with Crippen LogP contribution in [0, 0.1) is 6.92 Å². The Morgan fingerprint density at radius 3 is 2.31 bits per heavy atom. The molecule has 0 unspecified atom stereocenters. The van der Waals surface area contributed by atoms with Crippen LogP contribution in [0.1, 0.15) is 5.56 Å². The Labute approximate surface area is 193 Å². The summed E-state index contributed by atoms with van der Waals surface area (Å²) in [6.45, 7) is 0.105. The highest BCUT2D eigenvalue weighted by Crippen LogP contribution is 2.41. The molecule has 0 radical (unpaired) electrons. The summed E-state index contributed by atoms with van der Waals surface area (Å²) in [6.07, 6.45) is -10.4. The molecule has 2 fully saturated rings. The van der Waals surface area contributed by atoms with Crippen LogP contribution in [0.15, 0.2) is 6.07 Å². The van der Waals surface area contributed by atoms with Crippen LogP contribution in [0.25, 0.3) is 0 Å². The quantitative estimate of drug-likeness (QED) is 0.270. The first-order chi connectivity index (χ1) is 15.0. The van der Waals surface area contributed by atoms with Crippen LogP contribution in [0.5, 0.6) is 11.5 Å². The van der Waals surface area contributed by atoms with E-state index in [-0.39, 0.29) is 28.2 Å². The first-order valence-electron chi connectivity index (χ1n) is 9.67. The number of hydrogen-bond acceptors (Lipinski definition) is 11. The van der Waals surface area contributed by atoms with Gasteiger partial charge in [-0.15, -0.1) is 0 Å². The Hall–Kier alpha value is -0.960. The van der Waals surface area contributed by atoms with Gasteiger partial charge >= 0.3 is 0 Å². The summed E-state index contributed by atoms with van der Waals surface area (Å²) < 4.78 is 26.9. The molecule has 1 aromatic rings. The fourth-order valence-electron chi connectivity index (χ4n) is 3.35. The zero-order chi connectivity index (χ0) is 23.8. The number of hydrogen-bond donors (Lipinski definition) is 6. The zero-order valence-electron chi connectivity index (χ0n) is 17.2. The van der Waals surface area contributed by atoms with Gasteiger partial charge in [0.2, 0.25) is 6.29 Å². The van der Waals surface area contributed by atoms with Crippen LogP contribution >= 0.6 is 23.2 Å². The van der Waals surface area contributed by atoms with Gasteiger partial charge in [-0.3, -0.25) is 0 Å². The molecule has 0 aromatic heterocycles. The molecule has 0 spiro atoms. The van der Waals surface area contributed by atoms with Crippen LogP contribution in [-0.2, 0) is 14.2 Å². The molecule has 0 aliphatic carbocycles. The molecule has 2 aliphatic rings. The molecule has 1 aromatic carbocycles. The maximum absolute atomic E-state index is 10.3. The van der Waals surface area contributed by atoms with Crippen molar-refractivity contribution >= 4 is 23.2 Å². The average Bonchev–Trinajstić information content (AvgIpc) is 3.07. The fraction of sp³-hybridized carbons (Fsp3) is 0.684. The van der Waals surface area contributed by atoms with Crippen molar-refractivity contribution < 1.29 is 54.3 Å². The number of aliphatic hydroxyl groups excluding tert-OH is 5. The van der Waals surface area contributed by atoms with E-state index in [1.54, 1.807) is 6.92 Å². The summed E-state index contributed by atoms with van der Waals surface area (Å²) in [7, 11) is 1.40. The molecule has 8 atom stereocenters. The lowest BCUT2D eigenvalue weighted by Crippen LogP contribution is -2.60. The minimum absolute atomic E-state index is 0.0558. The van der Waals surface area contributed by atoms with Gasteiger partial charge in [-0.25, -0.2) is 0 Å². The Morgan fingerprint density at radius 2 is 1.72 bits per heavy atom. The van der Waals surface area contributed by atoms with E-state index in [2.05, 4.69) is 0 Å². The molecule has 13 heteroatoms. The largest absolute Gasteiger partial charge is 0.495 e. The first kappa shape index (κ1) is 25.7. The first-order valence-corrected chi connectivity index (χ1v) is 10.4. The fourth-order valence-corrected chi connectivity index (χ4v) is 3.82. The summed E-state index contributed by atoms with van der Waals surface area (Å²) in [5, 5.41) is 60.5. The van der Waals surface area contributed by atoms with Crippen LogP contribution in [0.4, 0.5) is 0 Å². The Morgan fingerprint density at radius 1 is 1.06 bits per heavy atom. The van der Waals surface area contributed by atoms with E-state index < -0.39 is 61.9 Å². The maximum Gasteiger partial charge on any atom is 0.229 e. The number of aliphatic hydroxyl groups is 6. The predicted molar refractivity (Wildman–Crippen MR) is 109 cm³/mol. The molecule has 0 saturated carbocycles. The third kappa shape index (κ3) is 4.79. The van der Waals surface area contributed by atoms with E-state index in [4.69, 9.17) is 46.9 Å². The number of benzene rings is 1. The highest BCUT2D eigenvalue weighted by molar-refractivity contribution is 6.37. The molecule has 0 bridgehead atoms. The number of rotatable bonds is 7. The zero-order valence-corrected chi connectivity index (χ0v) is 18.7. The smallest absolute Gasteiger partial charge is 0.229 e. The van der Waals surface area contributed by atoms with Crippen molar-refractivity contribution in [1.82, 2.24) is 0 Å². The second-order valence-corrected chi connectivity index (χ2v) is 8.44. The number of halogens is 2. The third-order valence-corrected chi connectivity index (χ3v) is 6.43. The topological polar surface area (TPSA) is 168 Å². The second-order valence-electron chi connectivity index (χ2n) is 7.68. The molecular weight excluding hydrogens is 475 g/mol. The number of ether oxygens (including phenoxy) is 5. The SMILES string of the molecule is COc1cc(O[C@H]2O[C@H](CO[C@@H]3OC[C@](O)(CO)[C@H]3O)[C@H](O)[C@@H](O)[C@H]2O)c(Cl)c(C)c1Cl. The Balaban J connectivity index is 1.72. The van der Waals surface area contributed by atoms with Gasteiger partial charge in [-0.2, -0.15) is 0 Å². The van der Waals surface area contributed by atoms with E-state index in [0.29, 0.717) is 5.56 Å². The minimum Gasteiger partial charge on any atom is -0.495 e. The lowest BCUT2D eigenvalue weighted by atomic mass is 9.99. The second kappa shape index (κ2) is 10.1. The standard InChI is InChI=1S/C19H26Cl2O11/c1-7-11(20)8(28-2)3-9(12(7)21)31-17-15(25)14(24)13(23)10(32-17)4-29-18-16(26)19(27,5-22)6-30-18/h3,10,13-18,22-27H,4-6H2,1-2H3/t10-,13+,14-,15-,16+,17+,18-,19-/m1/s1. The summed E-state index contributed by atoms with van der Waals surface area (Å²) in [4.78, 5) is 0. The highest BCUT2D eigenvalue weighted by Gasteiger charge is 2.50. The van der Waals surface area contributed by atoms with Crippen molar-refractivity contribution in [2.24, 2.45) is 0 Å². The molecule has 2 heterocycles. The average molecular weight is 501 g/mol. The lowest BCUT2D eigenvalue weighted by molar-refractivity contribution is -0.289. The number of methoxy groups -OCH3 is 1. The Kier molecular flexibility index (Phi) is 8.11. The van der Waals surface area contributed by atoms with Gasteiger partial charge in [0.05, 0.1) is 37.0 Å². The molecule has 182 valence electrons. The van der Waals surface area contributed by atoms with Crippen LogP contribution < -0.4 is 9.47 Å². The molecule has 11 nitrogen and oxygen atoms in total. The monoisotopic (exact) mass is 500 g/mol. The molecule has 32 heavy (non-hydrogen) atoms. The van der Waals surface area contributed by atoms with Crippen LogP contribution in [0.2, 0.25) is 10.0 Å². The highest BCUT2D eigenvalue weighted by atomic mass is 35.5. The minimum atomic E-state index is -1.89. The van der Waals surface area contributed by atoms with Gasteiger partial charge in [0, 0.05) is 6.07 Å². The van der Waals surface area contributed by atoms with Crippen molar-refractivity contribution in [2.45, 2.75) is 55.6 Å². The van der Waals surface area contributed by atoms with Gasteiger partial charge in [0.15, 0.2) is 6.29 Å². The van der Waals surface area contributed by atoms with E-state index in [0.717, 1.165) is 0 Å². The van der Waals surface area contributed by atoms with Crippen LogP contribution in [0.3, 0.4) is 0 Å². The molecule has 6 N–H and O–H groups in total. The van der Waals surface area contributed by atoms with Crippen molar-refractivity contribution in [1.29, 1.82) is 0 Å². The van der Waals surface area contributed by atoms with Crippen molar-refractivity contribution in [3.05, 3.63) is 21.7 Å². The van der Waals surface area contributed by atoms with E-state index in [9.17, 15) is 30.6 Å². The van der Waals surface area contributed by atoms with Gasteiger partial charge < -0.3 is 54.3 Å². The molecular formula is C19H26Cl2O11. The predicted octanol–water partition coefficient (Wildman–Crippen LogP) is -1.05. The summed E-state index contributed by atoms with van der Waals surface area (Å²) in [5.74, 6) is 0.318. The van der Waals surface area contributed by atoms with Crippen molar-refractivity contribution in [3.63, 3.8) is 0 Å². The van der Waals surface area contributed by atoms with Crippen molar-refractivity contribution in [3.8, 4) is 11.5 Å². The van der Waals surface area contributed by atoms with Gasteiger partial charge in [-0.1, -0.05) is 23.2 Å². The van der Waals surface area contributed by atoms with Gasteiger partial charge in [0.1, 0.15) is 47.6 Å². The summed E-state index contributed by atoms with van der Waals surface area (Å²) >= 11 is 12.4. The lowest BCUT2D eigenvalue weighted by Gasteiger charge is -2.40. The van der Waals surface area contributed by atoms with E-state index >= 15 is 0 Å².